The van der Waals surface area contributed by atoms with E-state index in [4.69, 9.17) is 23.2 Å². The fourth-order valence-corrected chi connectivity index (χ4v) is 4.48. The van der Waals surface area contributed by atoms with Gasteiger partial charge < -0.3 is 5.32 Å². The Hall–Kier alpha value is -3.75. The quantitative estimate of drug-likeness (QED) is 0.294. The number of hydrogen-bond acceptors (Lipinski definition) is 4. The van der Waals surface area contributed by atoms with Crippen LogP contribution in [0.5, 0.6) is 0 Å². The van der Waals surface area contributed by atoms with Gasteiger partial charge in [-0.05, 0) is 48.7 Å². The number of aromatic nitrogens is 5. The van der Waals surface area contributed by atoms with Crippen LogP contribution in [-0.4, -0.2) is 30.5 Å². The normalized spacial score (nSPS) is 11.2. The fourth-order valence-electron chi connectivity index (χ4n) is 4.06. The number of hydrogen-bond donors (Lipinski definition) is 1. The number of amides is 1. The van der Waals surface area contributed by atoms with Crippen LogP contribution in [0, 0.1) is 19.7 Å². The van der Waals surface area contributed by atoms with E-state index in [0.29, 0.717) is 11.2 Å². The van der Waals surface area contributed by atoms with E-state index in [0.717, 1.165) is 22.2 Å². The molecule has 0 aliphatic heterocycles. The number of halogens is 3. The van der Waals surface area contributed by atoms with Gasteiger partial charge in [-0.2, -0.15) is 10.2 Å². The summed E-state index contributed by atoms with van der Waals surface area (Å²) in [6, 6.07) is 14.3. The molecular formula is C26H21Cl2FN6O. The summed E-state index contributed by atoms with van der Waals surface area (Å²) in [5, 5.41) is 13.1. The third kappa shape index (κ3) is 4.82. The minimum atomic E-state index is -0.419. The monoisotopic (exact) mass is 522 g/mol. The van der Waals surface area contributed by atoms with Crippen LogP contribution in [0.1, 0.15) is 16.8 Å². The first kappa shape index (κ1) is 24.0. The molecule has 0 bridgehead atoms. The van der Waals surface area contributed by atoms with Crippen molar-refractivity contribution in [3.05, 3.63) is 93.6 Å². The van der Waals surface area contributed by atoms with E-state index in [1.165, 1.54) is 22.4 Å². The van der Waals surface area contributed by atoms with Crippen LogP contribution in [-0.2, 0) is 17.9 Å². The lowest BCUT2D eigenvalue weighted by Crippen LogP contribution is -2.20. The minimum absolute atomic E-state index is 0.0678. The van der Waals surface area contributed by atoms with Crippen LogP contribution in [0.25, 0.3) is 22.2 Å². The highest BCUT2D eigenvalue weighted by atomic mass is 35.5. The van der Waals surface area contributed by atoms with E-state index in [9.17, 15) is 9.18 Å². The van der Waals surface area contributed by atoms with Crippen molar-refractivity contribution < 1.29 is 9.18 Å². The molecule has 36 heavy (non-hydrogen) atoms. The molecule has 0 spiro atoms. The van der Waals surface area contributed by atoms with Crippen LogP contribution in [0.15, 0.2) is 60.9 Å². The van der Waals surface area contributed by atoms with Gasteiger partial charge in [0.15, 0.2) is 11.5 Å². The summed E-state index contributed by atoms with van der Waals surface area (Å²) in [6.07, 6.45) is 3.28. The Morgan fingerprint density at radius 3 is 2.56 bits per heavy atom. The maximum atomic E-state index is 13.3. The third-order valence-corrected chi connectivity index (χ3v) is 6.41. The number of anilines is 1. The predicted octanol–water partition coefficient (Wildman–Crippen LogP) is 6.04. The van der Waals surface area contributed by atoms with E-state index in [1.807, 2.05) is 19.9 Å². The van der Waals surface area contributed by atoms with E-state index in [-0.39, 0.29) is 34.9 Å². The molecule has 1 N–H and O–H groups in total. The SMILES string of the molecule is Cc1ccc(-c2ccnc3c2c(C)nn3CC(=O)Nc2nn(Cc3ccc(F)cc3Cl)cc2Cl)cc1. The Bertz CT molecular complexity index is 1590. The molecule has 0 atom stereocenters. The van der Waals surface area contributed by atoms with Crippen molar-refractivity contribution in [1.82, 2.24) is 24.5 Å². The van der Waals surface area contributed by atoms with Crippen LogP contribution in [0.3, 0.4) is 0 Å². The molecule has 5 rings (SSSR count). The summed E-state index contributed by atoms with van der Waals surface area (Å²) < 4.78 is 16.4. The van der Waals surface area contributed by atoms with Crippen molar-refractivity contribution in [2.24, 2.45) is 0 Å². The van der Waals surface area contributed by atoms with E-state index >= 15 is 0 Å². The average Bonchev–Trinajstić information content (AvgIpc) is 3.34. The highest BCUT2D eigenvalue weighted by Gasteiger charge is 2.18. The van der Waals surface area contributed by atoms with E-state index in [2.05, 4.69) is 44.8 Å². The number of carbonyl (C=O) groups is 1. The van der Waals surface area contributed by atoms with Gasteiger partial charge in [0.2, 0.25) is 5.91 Å². The van der Waals surface area contributed by atoms with Gasteiger partial charge in [0.05, 0.1) is 12.2 Å². The summed E-state index contributed by atoms with van der Waals surface area (Å²) in [7, 11) is 0. The minimum Gasteiger partial charge on any atom is -0.306 e. The van der Waals surface area contributed by atoms with Crippen molar-refractivity contribution in [2.45, 2.75) is 26.9 Å². The standard InChI is InChI=1S/C26H21Cl2FN6O/c1-15-3-5-17(6-4-15)20-9-10-30-26-24(20)16(2)32-35(26)14-23(36)31-25-22(28)13-34(33-25)12-18-7-8-19(29)11-21(18)27/h3-11,13H,12,14H2,1-2H3,(H,31,33,36). The maximum Gasteiger partial charge on any atom is 0.247 e. The topological polar surface area (TPSA) is 77.6 Å². The Morgan fingerprint density at radius 1 is 1.03 bits per heavy atom. The molecular weight excluding hydrogens is 502 g/mol. The predicted molar refractivity (Wildman–Crippen MR) is 139 cm³/mol. The van der Waals surface area contributed by atoms with Crippen molar-refractivity contribution in [1.29, 1.82) is 0 Å². The molecule has 10 heteroatoms. The lowest BCUT2D eigenvalue weighted by molar-refractivity contribution is -0.116. The van der Waals surface area contributed by atoms with Crippen LogP contribution < -0.4 is 5.32 Å². The largest absolute Gasteiger partial charge is 0.306 e. The molecule has 0 aliphatic carbocycles. The van der Waals surface area contributed by atoms with Gasteiger partial charge in [-0.15, -0.1) is 0 Å². The first-order valence-electron chi connectivity index (χ1n) is 11.1. The second-order valence-electron chi connectivity index (χ2n) is 8.47. The van der Waals surface area contributed by atoms with Gasteiger partial charge in [0.1, 0.15) is 17.4 Å². The van der Waals surface area contributed by atoms with Crippen LogP contribution >= 0.6 is 23.2 Å². The molecule has 0 fully saturated rings. The number of nitrogens with zero attached hydrogens (tertiary/aromatic N) is 5. The van der Waals surface area contributed by atoms with Gasteiger partial charge in [0.25, 0.3) is 0 Å². The number of carbonyl (C=O) groups excluding carboxylic acids is 1. The number of fused-ring (bicyclic) bond motifs is 1. The van der Waals surface area contributed by atoms with Gasteiger partial charge in [-0.3, -0.25) is 9.48 Å². The first-order chi connectivity index (χ1) is 17.3. The molecule has 1 amide bonds. The molecule has 0 unspecified atom stereocenters. The average molecular weight is 523 g/mol. The molecule has 0 radical (unpaired) electrons. The molecule has 3 heterocycles. The number of aryl methyl sites for hydroxylation is 2. The van der Waals surface area contributed by atoms with Gasteiger partial charge >= 0.3 is 0 Å². The zero-order chi connectivity index (χ0) is 25.4. The molecule has 5 aromatic rings. The summed E-state index contributed by atoms with van der Waals surface area (Å²) in [5.41, 5.74) is 5.30. The molecule has 3 aromatic heterocycles. The zero-order valence-electron chi connectivity index (χ0n) is 19.5. The molecule has 0 saturated heterocycles. The molecule has 182 valence electrons. The maximum absolute atomic E-state index is 13.3. The van der Waals surface area contributed by atoms with E-state index in [1.54, 1.807) is 23.1 Å². The Labute approximate surface area is 216 Å². The highest BCUT2D eigenvalue weighted by Crippen LogP contribution is 2.30. The van der Waals surface area contributed by atoms with Gasteiger partial charge in [-0.25, -0.2) is 14.1 Å². The number of benzene rings is 2. The summed E-state index contributed by atoms with van der Waals surface area (Å²) in [4.78, 5) is 17.4. The Balaban J connectivity index is 1.35. The van der Waals surface area contributed by atoms with Crippen molar-refractivity contribution in [3.8, 4) is 11.1 Å². The van der Waals surface area contributed by atoms with Crippen LogP contribution in [0.4, 0.5) is 10.2 Å². The zero-order valence-corrected chi connectivity index (χ0v) is 21.0. The smallest absolute Gasteiger partial charge is 0.247 e. The van der Waals surface area contributed by atoms with Crippen molar-refractivity contribution in [2.75, 3.05) is 5.32 Å². The summed E-state index contributed by atoms with van der Waals surface area (Å²) in [6.45, 7) is 4.14. The van der Waals surface area contributed by atoms with Crippen molar-refractivity contribution >= 4 is 46.0 Å². The number of pyridine rings is 1. The Kier molecular flexibility index (Phi) is 6.47. The second kappa shape index (κ2) is 9.72. The fraction of sp³-hybridized carbons (Fsp3) is 0.154. The third-order valence-electron chi connectivity index (χ3n) is 5.79. The van der Waals surface area contributed by atoms with Gasteiger partial charge in [-0.1, -0.05) is 59.1 Å². The number of nitrogens with one attached hydrogen (secondary N) is 1. The second-order valence-corrected chi connectivity index (χ2v) is 9.29. The summed E-state index contributed by atoms with van der Waals surface area (Å²) >= 11 is 12.4. The highest BCUT2D eigenvalue weighted by molar-refractivity contribution is 6.33. The van der Waals surface area contributed by atoms with E-state index < -0.39 is 5.82 Å². The summed E-state index contributed by atoms with van der Waals surface area (Å²) in [5.74, 6) is -0.563. The first-order valence-corrected chi connectivity index (χ1v) is 11.9. The van der Waals surface area contributed by atoms with Crippen molar-refractivity contribution in [3.63, 3.8) is 0 Å². The lowest BCUT2D eigenvalue weighted by atomic mass is 10.0. The Morgan fingerprint density at radius 2 is 1.81 bits per heavy atom. The van der Waals surface area contributed by atoms with Crippen LogP contribution in [0.2, 0.25) is 10.0 Å². The molecule has 7 nitrogen and oxygen atoms in total. The lowest BCUT2D eigenvalue weighted by Gasteiger charge is -2.07. The molecule has 0 aliphatic rings. The van der Waals surface area contributed by atoms with Gasteiger partial charge in [0, 0.05) is 22.8 Å². The molecule has 2 aromatic carbocycles. The molecule has 0 saturated carbocycles. The number of rotatable bonds is 6.